The minimum atomic E-state index is -0.336. The van der Waals surface area contributed by atoms with Gasteiger partial charge in [-0.2, -0.15) is 0 Å². The van der Waals surface area contributed by atoms with Crippen molar-refractivity contribution < 1.29 is 9.18 Å². The zero-order valence-corrected chi connectivity index (χ0v) is 15.7. The molecule has 3 nitrogen and oxygen atoms in total. The lowest BCUT2D eigenvalue weighted by Gasteiger charge is -2.36. The van der Waals surface area contributed by atoms with E-state index in [4.69, 9.17) is 0 Å². The van der Waals surface area contributed by atoms with E-state index in [1.807, 2.05) is 12.1 Å². The minimum Gasteiger partial charge on any atom is -0.368 e. The summed E-state index contributed by atoms with van der Waals surface area (Å²) >= 11 is 3.31. The molecule has 25 heavy (non-hydrogen) atoms. The summed E-state index contributed by atoms with van der Waals surface area (Å²) in [5.74, 6) is -0.416. The maximum Gasteiger partial charge on any atom is 0.246 e. The lowest BCUT2D eigenvalue weighted by molar-refractivity contribution is -0.126. The van der Waals surface area contributed by atoms with Gasteiger partial charge in [-0.3, -0.25) is 4.79 Å². The number of benzene rings is 2. The Morgan fingerprint density at radius 3 is 2.56 bits per heavy atom. The van der Waals surface area contributed by atoms with Gasteiger partial charge in [0.25, 0.3) is 0 Å². The van der Waals surface area contributed by atoms with E-state index in [9.17, 15) is 9.18 Å². The third-order valence-corrected chi connectivity index (χ3v) is 4.90. The Morgan fingerprint density at radius 2 is 1.84 bits per heavy atom. The lowest BCUT2D eigenvalue weighted by atomic mass is 10.1. The second kappa shape index (κ2) is 7.83. The van der Waals surface area contributed by atoms with Crippen LogP contribution in [0.5, 0.6) is 0 Å². The Kier molecular flexibility index (Phi) is 5.53. The highest BCUT2D eigenvalue weighted by atomic mass is 79.9. The van der Waals surface area contributed by atoms with Crippen LogP contribution in [0.25, 0.3) is 6.08 Å². The summed E-state index contributed by atoms with van der Waals surface area (Å²) in [7, 11) is 0. The zero-order valence-electron chi connectivity index (χ0n) is 14.1. The number of hydrogen-bond donors (Lipinski definition) is 0. The standard InChI is InChI=1S/C20H20BrFN2O/c1-15-4-2-3-5-19(15)23-10-12-24(13-11-23)20(25)9-6-16-14-17(21)7-8-18(16)22/h2-9,14H,10-13H2,1H3/b9-6+. The number of halogens is 2. The molecule has 5 heteroatoms. The monoisotopic (exact) mass is 402 g/mol. The summed E-state index contributed by atoms with van der Waals surface area (Å²) in [6.07, 6.45) is 2.99. The first-order valence-electron chi connectivity index (χ1n) is 8.27. The van der Waals surface area contributed by atoms with Crippen LogP contribution in [0, 0.1) is 12.7 Å². The van der Waals surface area contributed by atoms with E-state index in [1.54, 1.807) is 17.0 Å². The fraction of sp³-hybridized carbons (Fsp3) is 0.250. The number of nitrogens with zero attached hydrogens (tertiary/aromatic N) is 2. The molecule has 1 saturated heterocycles. The number of anilines is 1. The van der Waals surface area contributed by atoms with Crippen LogP contribution in [0.3, 0.4) is 0 Å². The predicted octanol–water partition coefficient (Wildman–Crippen LogP) is 4.26. The van der Waals surface area contributed by atoms with Crippen molar-refractivity contribution in [3.63, 3.8) is 0 Å². The molecular formula is C20H20BrFN2O. The molecule has 0 radical (unpaired) electrons. The highest BCUT2D eigenvalue weighted by Gasteiger charge is 2.20. The molecule has 0 saturated carbocycles. The first kappa shape index (κ1) is 17.7. The first-order valence-corrected chi connectivity index (χ1v) is 9.06. The lowest BCUT2D eigenvalue weighted by Crippen LogP contribution is -2.48. The van der Waals surface area contributed by atoms with E-state index in [2.05, 4.69) is 39.9 Å². The zero-order chi connectivity index (χ0) is 17.8. The van der Waals surface area contributed by atoms with E-state index < -0.39 is 0 Å². The normalized spacial score (nSPS) is 15.0. The summed E-state index contributed by atoms with van der Waals surface area (Å²) in [5.41, 5.74) is 2.87. The van der Waals surface area contributed by atoms with E-state index >= 15 is 0 Å². The van der Waals surface area contributed by atoms with Gasteiger partial charge in [-0.1, -0.05) is 34.1 Å². The Bertz CT molecular complexity index is 798. The van der Waals surface area contributed by atoms with Crippen LogP contribution in [-0.2, 0) is 4.79 Å². The molecule has 2 aromatic rings. The second-order valence-electron chi connectivity index (χ2n) is 6.10. The summed E-state index contributed by atoms with van der Waals surface area (Å²) < 4.78 is 14.5. The molecular weight excluding hydrogens is 383 g/mol. The second-order valence-corrected chi connectivity index (χ2v) is 7.01. The van der Waals surface area contributed by atoms with Crippen molar-refractivity contribution >= 4 is 33.6 Å². The van der Waals surface area contributed by atoms with E-state index in [0.29, 0.717) is 18.7 Å². The highest BCUT2D eigenvalue weighted by Crippen LogP contribution is 2.21. The van der Waals surface area contributed by atoms with Crippen LogP contribution in [0.4, 0.5) is 10.1 Å². The van der Waals surface area contributed by atoms with Crippen molar-refractivity contribution in [2.24, 2.45) is 0 Å². The van der Waals surface area contributed by atoms with Gasteiger partial charge in [0.05, 0.1) is 0 Å². The maximum atomic E-state index is 13.7. The molecule has 1 heterocycles. The SMILES string of the molecule is Cc1ccccc1N1CCN(C(=O)/C=C/c2cc(Br)ccc2F)CC1. The largest absolute Gasteiger partial charge is 0.368 e. The summed E-state index contributed by atoms with van der Waals surface area (Å²) in [4.78, 5) is 16.5. The van der Waals surface area contributed by atoms with Crippen molar-refractivity contribution in [2.75, 3.05) is 31.1 Å². The Morgan fingerprint density at radius 1 is 1.12 bits per heavy atom. The number of rotatable bonds is 3. The number of para-hydroxylation sites is 1. The molecule has 2 aromatic carbocycles. The topological polar surface area (TPSA) is 23.6 Å². The minimum absolute atomic E-state index is 0.0798. The van der Waals surface area contributed by atoms with Crippen LogP contribution in [-0.4, -0.2) is 37.0 Å². The number of hydrogen-bond acceptors (Lipinski definition) is 2. The number of amides is 1. The molecule has 0 aromatic heterocycles. The molecule has 3 rings (SSSR count). The first-order chi connectivity index (χ1) is 12.0. The molecule has 0 bridgehead atoms. The molecule has 1 aliphatic heterocycles. The van der Waals surface area contributed by atoms with E-state index in [1.165, 1.54) is 29.5 Å². The number of carbonyl (C=O) groups excluding carboxylic acids is 1. The van der Waals surface area contributed by atoms with Gasteiger partial charge in [-0.15, -0.1) is 0 Å². The number of carbonyl (C=O) groups is 1. The molecule has 0 aliphatic carbocycles. The quantitative estimate of drug-likeness (QED) is 0.716. The molecule has 130 valence electrons. The summed E-state index contributed by atoms with van der Waals surface area (Å²) in [5, 5.41) is 0. The predicted molar refractivity (Wildman–Crippen MR) is 103 cm³/mol. The van der Waals surface area contributed by atoms with Crippen LogP contribution < -0.4 is 4.90 Å². The molecule has 1 aliphatic rings. The fourth-order valence-corrected chi connectivity index (χ4v) is 3.37. The Hall–Kier alpha value is -2.14. The van der Waals surface area contributed by atoms with Crippen LogP contribution in [0.1, 0.15) is 11.1 Å². The van der Waals surface area contributed by atoms with Crippen molar-refractivity contribution in [1.29, 1.82) is 0 Å². The molecule has 0 unspecified atom stereocenters. The van der Waals surface area contributed by atoms with Gasteiger partial charge in [-0.25, -0.2) is 4.39 Å². The van der Waals surface area contributed by atoms with Crippen molar-refractivity contribution in [2.45, 2.75) is 6.92 Å². The Labute approximate surface area is 155 Å². The van der Waals surface area contributed by atoms with Gasteiger partial charge in [0.15, 0.2) is 0 Å². The highest BCUT2D eigenvalue weighted by molar-refractivity contribution is 9.10. The average molecular weight is 403 g/mol. The summed E-state index contributed by atoms with van der Waals surface area (Å²) in [6, 6.07) is 13.0. The third-order valence-electron chi connectivity index (χ3n) is 4.41. The number of piperazine rings is 1. The van der Waals surface area contributed by atoms with Gasteiger partial charge in [0, 0.05) is 48.0 Å². The van der Waals surface area contributed by atoms with Crippen molar-refractivity contribution in [3.05, 3.63) is 70.0 Å². The molecule has 1 amide bonds. The van der Waals surface area contributed by atoms with Crippen LogP contribution in [0.2, 0.25) is 0 Å². The Balaban J connectivity index is 1.61. The van der Waals surface area contributed by atoms with Gasteiger partial charge in [-0.05, 0) is 42.8 Å². The molecule has 0 spiro atoms. The van der Waals surface area contributed by atoms with Gasteiger partial charge >= 0.3 is 0 Å². The van der Waals surface area contributed by atoms with Crippen molar-refractivity contribution in [3.8, 4) is 0 Å². The molecule has 0 atom stereocenters. The van der Waals surface area contributed by atoms with Crippen LogP contribution in [0.15, 0.2) is 53.0 Å². The fourth-order valence-electron chi connectivity index (χ4n) is 2.99. The number of aryl methyl sites for hydroxylation is 1. The van der Waals surface area contributed by atoms with Crippen molar-refractivity contribution in [1.82, 2.24) is 4.90 Å². The van der Waals surface area contributed by atoms with Crippen LogP contribution >= 0.6 is 15.9 Å². The molecule has 1 fully saturated rings. The third kappa shape index (κ3) is 4.28. The van der Waals surface area contributed by atoms with Gasteiger partial charge < -0.3 is 9.80 Å². The smallest absolute Gasteiger partial charge is 0.246 e. The average Bonchev–Trinajstić information content (AvgIpc) is 2.63. The van der Waals surface area contributed by atoms with Gasteiger partial charge in [0.2, 0.25) is 5.91 Å². The molecule has 0 N–H and O–H groups in total. The maximum absolute atomic E-state index is 13.7. The summed E-state index contributed by atoms with van der Waals surface area (Å²) in [6.45, 7) is 5.03. The van der Waals surface area contributed by atoms with E-state index in [-0.39, 0.29) is 11.7 Å². The van der Waals surface area contributed by atoms with E-state index in [0.717, 1.165) is 17.6 Å². The van der Waals surface area contributed by atoms with Gasteiger partial charge in [0.1, 0.15) is 5.82 Å².